The second-order valence-electron chi connectivity index (χ2n) is 2.94. The number of nitrogens with two attached hydrogens (primary N) is 1. The van der Waals surface area contributed by atoms with Gasteiger partial charge in [0.05, 0.1) is 12.1 Å². The van der Waals surface area contributed by atoms with Crippen LogP contribution in [0.3, 0.4) is 0 Å². The summed E-state index contributed by atoms with van der Waals surface area (Å²) in [4.78, 5) is 10.4. The first-order valence-electron chi connectivity index (χ1n) is 3.92. The van der Waals surface area contributed by atoms with Gasteiger partial charge in [-0.15, -0.1) is 0 Å². The van der Waals surface area contributed by atoms with E-state index in [-0.39, 0.29) is 6.42 Å². The van der Waals surface area contributed by atoms with Crippen molar-refractivity contribution < 1.29 is 14.4 Å². The Hall–Kier alpha value is -1.36. The third-order valence-electron chi connectivity index (χ3n) is 1.85. The summed E-state index contributed by atoms with van der Waals surface area (Å²) in [5, 5.41) is 12.2. The number of aromatic nitrogens is 1. The van der Waals surface area contributed by atoms with E-state index in [0.717, 1.165) is 0 Å². The van der Waals surface area contributed by atoms with E-state index in [1.54, 1.807) is 13.8 Å². The summed E-state index contributed by atoms with van der Waals surface area (Å²) in [5.41, 5.74) is 7.02. The highest BCUT2D eigenvalue weighted by Gasteiger charge is 2.18. The fourth-order valence-corrected chi connectivity index (χ4v) is 1.31. The highest BCUT2D eigenvalue weighted by atomic mass is 16.5. The van der Waals surface area contributed by atoms with E-state index in [9.17, 15) is 4.79 Å². The van der Waals surface area contributed by atoms with Crippen LogP contribution in [-0.2, 0) is 4.79 Å². The molecule has 1 atom stereocenters. The molecule has 0 fully saturated rings. The maximum absolute atomic E-state index is 10.4. The first kappa shape index (κ1) is 9.73. The second-order valence-corrected chi connectivity index (χ2v) is 2.94. The molecule has 1 aromatic rings. The number of rotatable bonds is 3. The van der Waals surface area contributed by atoms with Crippen molar-refractivity contribution in [3.8, 4) is 0 Å². The summed E-state index contributed by atoms with van der Waals surface area (Å²) in [6, 6.07) is -0.538. The quantitative estimate of drug-likeness (QED) is 0.724. The summed E-state index contributed by atoms with van der Waals surface area (Å²) >= 11 is 0. The van der Waals surface area contributed by atoms with Crippen LogP contribution in [0.1, 0.15) is 29.5 Å². The van der Waals surface area contributed by atoms with Crippen LogP contribution < -0.4 is 5.73 Å². The zero-order chi connectivity index (χ0) is 10.0. The minimum atomic E-state index is -0.924. The minimum absolute atomic E-state index is 0.108. The Balaban J connectivity index is 2.87. The lowest BCUT2D eigenvalue weighted by atomic mass is 10.0. The topological polar surface area (TPSA) is 89.4 Å². The number of hydrogen-bond acceptors (Lipinski definition) is 4. The molecule has 72 valence electrons. The molecule has 0 amide bonds. The van der Waals surface area contributed by atoms with Gasteiger partial charge >= 0.3 is 5.97 Å². The van der Waals surface area contributed by atoms with Crippen LogP contribution in [0.15, 0.2) is 4.52 Å². The van der Waals surface area contributed by atoms with Gasteiger partial charge in [0.15, 0.2) is 0 Å². The number of nitrogens with zero attached hydrogens (tertiary/aromatic N) is 1. The van der Waals surface area contributed by atoms with E-state index in [1.165, 1.54) is 0 Å². The lowest BCUT2D eigenvalue weighted by molar-refractivity contribution is -0.137. The summed E-state index contributed by atoms with van der Waals surface area (Å²) < 4.78 is 4.88. The SMILES string of the molecule is Cc1noc(C)c1C(N)CC(=O)O. The Morgan fingerprint density at radius 1 is 1.69 bits per heavy atom. The molecule has 0 aliphatic rings. The van der Waals surface area contributed by atoms with Crippen molar-refractivity contribution in [3.05, 3.63) is 17.0 Å². The monoisotopic (exact) mass is 184 g/mol. The predicted octanol–water partition coefficient (Wildman–Crippen LogP) is 0.766. The van der Waals surface area contributed by atoms with Gasteiger partial charge in [-0.3, -0.25) is 4.79 Å². The first-order valence-corrected chi connectivity index (χ1v) is 3.92. The molecule has 0 aromatic carbocycles. The zero-order valence-electron chi connectivity index (χ0n) is 7.57. The molecule has 5 heteroatoms. The average molecular weight is 184 g/mol. The summed E-state index contributed by atoms with van der Waals surface area (Å²) in [6.07, 6.45) is -0.108. The average Bonchev–Trinajstić information content (AvgIpc) is 2.29. The summed E-state index contributed by atoms with van der Waals surface area (Å²) in [7, 11) is 0. The fourth-order valence-electron chi connectivity index (χ4n) is 1.31. The van der Waals surface area contributed by atoms with Gasteiger partial charge in [-0.25, -0.2) is 0 Å². The molecule has 13 heavy (non-hydrogen) atoms. The molecule has 1 rings (SSSR count). The Labute approximate surface area is 75.5 Å². The van der Waals surface area contributed by atoms with Crippen LogP contribution in [0.25, 0.3) is 0 Å². The molecule has 0 saturated heterocycles. The molecule has 0 radical (unpaired) electrons. The maximum Gasteiger partial charge on any atom is 0.305 e. The van der Waals surface area contributed by atoms with Gasteiger partial charge in [0.25, 0.3) is 0 Å². The zero-order valence-corrected chi connectivity index (χ0v) is 7.57. The number of carboxylic acids is 1. The van der Waals surface area contributed by atoms with Crippen molar-refractivity contribution in [2.45, 2.75) is 26.3 Å². The number of aryl methyl sites for hydroxylation is 2. The largest absolute Gasteiger partial charge is 0.481 e. The van der Waals surface area contributed by atoms with Crippen LogP contribution in [0.5, 0.6) is 0 Å². The third-order valence-corrected chi connectivity index (χ3v) is 1.85. The Kier molecular flexibility index (Phi) is 2.67. The van der Waals surface area contributed by atoms with E-state index >= 15 is 0 Å². The van der Waals surface area contributed by atoms with Crippen LogP contribution in [0.2, 0.25) is 0 Å². The van der Waals surface area contributed by atoms with Gasteiger partial charge in [-0.2, -0.15) is 0 Å². The molecule has 5 nitrogen and oxygen atoms in total. The molecular weight excluding hydrogens is 172 g/mol. The highest BCUT2D eigenvalue weighted by Crippen LogP contribution is 2.21. The van der Waals surface area contributed by atoms with Crippen molar-refractivity contribution in [3.63, 3.8) is 0 Å². The molecular formula is C8H12N2O3. The van der Waals surface area contributed by atoms with E-state index < -0.39 is 12.0 Å². The van der Waals surface area contributed by atoms with Gasteiger partial charge in [0.1, 0.15) is 5.76 Å². The van der Waals surface area contributed by atoms with E-state index in [0.29, 0.717) is 17.0 Å². The van der Waals surface area contributed by atoms with Crippen molar-refractivity contribution in [1.29, 1.82) is 0 Å². The molecule has 0 bridgehead atoms. The number of carboxylic acid groups (broad SMARTS) is 1. The molecule has 0 saturated carbocycles. The van der Waals surface area contributed by atoms with Gasteiger partial charge in [0, 0.05) is 11.6 Å². The molecule has 0 aliphatic heterocycles. The van der Waals surface area contributed by atoms with Crippen LogP contribution in [0.4, 0.5) is 0 Å². The number of hydrogen-bond donors (Lipinski definition) is 2. The lowest BCUT2D eigenvalue weighted by Gasteiger charge is -2.07. The molecule has 3 N–H and O–H groups in total. The fraction of sp³-hybridized carbons (Fsp3) is 0.500. The first-order chi connectivity index (χ1) is 6.02. The Bertz CT molecular complexity index is 300. The highest BCUT2D eigenvalue weighted by molar-refractivity contribution is 5.68. The lowest BCUT2D eigenvalue weighted by Crippen LogP contribution is -2.16. The maximum atomic E-state index is 10.4. The standard InChI is InChI=1S/C8H12N2O3/c1-4-8(5(2)13-10-4)6(9)3-7(11)12/h6H,3,9H2,1-2H3,(H,11,12). The van der Waals surface area contributed by atoms with Gasteiger partial charge in [0.2, 0.25) is 0 Å². The summed E-state index contributed by atoms with van der Waals surface area (Å²) in [5.74, 6) is -0.334. The van der Waals surface area contributed by atoms with Crippen molar-refractivity contribution in [2.75, 3.05) is 0 Å². The van der Waals surface area contributed by atoms with Gasteiger partial charge < -0.3 is 15.4 Å². The third kappa shape index (κ3) is 2.06. The Morgan fingerprint density at radius 3 is 2.69 bits per heavy atom. The van der Waals surface area contributed by atoms with Crippen LogP contribution >= 0.6 is 0 Å². The molecule has 1 unspecified atom stereocenters. The van der Waals surface area contributed by atoms with Gasteiger partial charge in [-0.05, 0) is 13.8 Å². The van der Waals surface area contributed by atoms with Crippen molar-refractivity contribution >= 4 is 5.97 Å². The minimum Gasteiger partial charge on any atom is -0.481 e. The summed E-state index contributed by atoms with van der Waals surface area (Å²) in [6.45, 7) is 3.46. The smallest absolute Gasteiger partial charge is 0.305 e. The van der Waals surface area contributed by atoms with Crippen LogP contribution in [-0.4, -0.2) is 16.2 Å². The molecule has 0 aliphatic carbocycles. The van der Waals surface area contributed by atoms with E-state index in [2.05, 4.69) is 5.16 Å². The van der Waals surface area contributed by atoms with Crippen LogP contribution in [0, 0.1) is 13.8 Å². The van der Waals surface area contributed by atoms with E-state index in [1.807, 2.05) is 0 Å². The number of aliphatic carboxylic acids is 1. The van der Waals surface area contributed by atoms with Crippen molar-refractivity contribution in [1.82, 2.24) is 5.16 Å². The predicted molar refractivity (Wildman–Crippen MR) is 45.2 cm³/mol. The molecule has 1 heterocycles. The second kappa shape index (κ2) is 3.57. The molecule has 0 spiro atoms. The van der Waals surface area contributed by atoms with E-state index in [4.69, 9.17) is 15.4 Å². The Morgan fingerprint density at radius 2 is 2.31 bits per heavy atom. The van der Waals surface area contributed by atoms with Crippen molar-refractivity contribution in [2.24, 2.45) is 5.73 Å². The normalized spacial score (nSPS) is 12.8. The van der Waals surface area contributed by atoms with Gasteiger partial charge in [-0.1, -0.05) is 5.16 Å². The number of carbonyl (C=O) groups is 1. The molecule has 1 aromatic heterocycles.